The highest BCUT2D eigenvalue weighted by atomic mass is 16.4. The number of carboxylic acids is 4. The predicted molar refractivity (Wildman–Crippen MR) is 167 cm³/mol. The number of hydrogen-bond donors (Lipinski definition) is 4. The van der Waals surface area contributed by atoms with Crippen molar-refractivity contribution in [3.05, 3.63) is 69.8 Å². The minimum Gasteiger partial charge on any atom is -0.478 e. The highest BCUT2D eigenvalue weighted by Crippen LogP contribution is 2.53. The minimum atomic E-state index is -1.72. The molecule has 0 spiro atoms. The maximum absolute atomic E-state index is 13.5. The fourth-order valence-corrected chi connectivity index (χ4v) is 8.59. The van der Waals surface area contributed by atoms with Crippen molar-refractivity contribution >= 4 is 67.0 Å². The van der Waals surface area contributed by atoms with E-state index in [4.69, 9.17) is 0 Å². The van der Waals surface area contributed by atoms with Gasteiger partial charge in [-0.2, -0.15) is 0 Å². The molecule has 0 unspecified atom stereocenters. The second-order valence-electron chi connectivity index (χ2n) is 12.4. The second kappa shape index (κ2) is 10.5. The lowest BCUT2D eigenvalue weighted by Crippen LogP contribution is -2.22. The second-order valence-corrected chi connectivity index (χ2v) is 12.4. The number of carbonyl (C=O) groups is 4. The molecule has 4 N–H and O–H groups in total. The molecule has 2 aliphatic carbocycles. The molecule has 0 radical (unpaired) electrons. The summed E-state index contributed by atoms with van der Waals surface area (Å²) in [5.74, 6) is -6.41. The molecule has 0 heterocycles. The molecule has 8 nitrogen and oxygen atoms in total. The summed E-state index contributed by atoms with van der Waals surface area (Å²) in [5, 5.41) is 46.3. The first-order valence-corrected chi connectivity index (χ1v) is 15.4. The van der Waals surface area contributed by atoms with Crippen molar-refractivity contribution in [2.75, 3.05) is 0 Å². The van der Waals surface area contributed by atoms with Crippen molar-refractivity contribution in [1.82, 2.24) is 0 Å². The summed E-state index contributed by atoms with van der Waals surface area (Å²) in [5.41, 5.74) is -0.956. The van der Waals surface area contributed by atoms with Gasteiger partial charge in [0.2, 0.25) is 0 Å². The standard InChI is InChI=1S/C36H32O8/c37-33(38)29-24(19-11-5-2-6-12-19)23(18-9-3-1-4-10-18)25-20-15-7-13-17-14-8-16-21(22(17)20)26-27(25)28(29)31(35(41)42)32(36(43)44)30(26)34(39)40/h7-8,13-16,18-19H,1-6,9-12H2,(H,37,38)(H,39,40)(H,41,42)(H,43,44). The van der Waals surface area contributed by atoms with Crippen molar-refractivity contribution in [3.63, 3.8) is 0 Å². The molecule has 44 heavy (non-hydrogen) atoms. The van der Waals surface area contributed by atoms with Crippen molar-refractivity contribution in [2.45, 2.75) is 76.0 Å². The summed E-state index contributed by atoms with van der Waals surface area (Å²) in [6.45, 7) is 0. The first kappa shape index (κ1) is 28.1. The first-order valence-electron chi connectivity index (χ1n) is 15.4. The lowest BCUT2D eigenvalue weighted by molar-refractivity contribution is 0.0635. The van der Waals surface area contributed by atoms with E-state index in [9.17, 15) is 39.6 Å². The third kappa shape index (κ3) is 3.96. The van der Waals surface area contributed by atoms with Gasteiger partial charge in [0.1, 0.15) is 0 Å². The minimum absolute atomic E-state index is 0.00671. The third-order valence-corrected chi connectivity index (χ3v) is 10.2. The molecule has 7 rings (SSSR count). The Kier molecular flexibility index (Phi) is 6.68. The van der Waals surface area contributed by atoms with Gasteiger partial charge in [-0.15, -0.1) is 0 Å². The van der Waals surface area contributed by atoms with Crippen LogP contribution in [-0.2, 0) is 0 Å². The maximum Gasteiger partial charge on any atom is 0.337 e. The highest BCUT2D eigenvalue weighted by molar-refractivity contribution is 6.41. The molecule has 2 fully saturated rings. The number of aromatic carboxylic acids is 4. The van der Waals surface area contributed by atoms with Crippen LogP contribution in [0.4, 0.5) is 0 Å². The number of hydrogen-bond acceptors (Lipinski definition) is 4. The van der Waals surface area contributed by atoms with Gasteiger partial charge in [0, 0.05) is 16.2 Å². The zero-order chi connectivity index (χ0) is 30.9. The van der Waals surface area contributed by atoms with Gasteiger partial charge >= 0.3 is 23.9 Å². The van der Waals surface area contributed by atoms with Gasteiger partial charge in [0.05, 0.1) is 22.3 Å². The molecule has 5 aromatic rings. The topological polar surface area (TPSA) is 149 Å². The third-order valence-electron chi connectivity index (χ3n) is 10.2. The largest absolute Gasteiger partial charge is 0.478 e. The van der Waals surface area contributed by atoms with E-state index in [0.717, 1.165) is 85.9 Å². The van der Waals surface area contributed by atoms with E-state index in [1.165, 1.54) is 0 Å². The summed E-state index contributed by atoms with van der Waals surface area (Å²) in [4.78, 5) is 52.5. The maximum atomic E-state index is 13.5. The molecule has 2 aliphatic rings. The monoisotopic (exact) mass is 592 g/mol. The van der Waals surface area contributed by atoms with E-state index >= 15 is 0 Å². The van der Waals surface area contributed by atoms with E-state index in [-0.39, 0.29) is 33.6 Å². The predicted octanol–water partition coefficient (Wildman–Crippen LogP) is 8.63. The quantitative estimate of drug-likeness (QED) is 0.113. The Morgan fingerprint density at radius 3 is 1.41 bits per heavy atom. The lowest BCUT2D eigenvalue weighted by atomic mass is 9.69. The van der Waals surface area contributed by atoms with E-state index in [0.29, 0.717) is 16.3 Å². The van der Waals surface area contributed by atoms with E-state index in [1.54, 1.807) is 12.1 Å². The van der Waals surface area contributed by atoms with Crippen LogP contribution in [0.25, 0.3) is 43.1 Å². The van der Waals surface area contributed by atoms with Gasteiger partial charge in [0.15, 0.2) is 0 Å². The molecule has 0 saturated heterocycles. The van der Waals surface area contributed by atoms with Crippen molar-refractivity contribution < 1.29 is 39.6 Å². The Balaban J connectivity index is 1.91. The van der Waals surface area contributed by atoms with E-state index < -0.39 is 40.6 Å². The molecular formula is C36H32O8. The average molecular weight is 593 g/mol. The zero-order valence-electron chi connectivity index (χ0n) is 24.1. The summed E-state index contributed by atoms with van der Waals surface area (Å²) >= 11 is 0. The number of rotatable bonds is 6. The molecule has 5 aromatic carbocycles. The van der Waals surface area contributed by atoms with Crippen LogP contribution in [0.5, 0.6) is 0 Å². The van der Waals surface area contributed by atoms with E-state index in [2.05, 4.69) is 0 Å². The van der Waals surface area contributed by atoms with Crippen molar-refractivity contribution in [1.29, 1.82) is 0 Å². The summed E-state index contributed by atoms with van der Waals surface area (Å²) in [6.07, 6.45) is 9.05. The van der Waals surface area contributed by atoms with Gasteiger partial charge < -0.3 is 20.4 Å². The lowest BCUT2D eigenvalue weighted by Gasteiger charge is -2.34. The Bertz CT molecular complexity index is 2040. The van der Waals surface area contributed by atoms with Crippen LogP contribution >= 0.6 is 0 Å². The van der Waals surface area contributed by atoms with Crippen LogP contribution in [0.15, 0.2) is 36.4 Å². The average Bonchev–Trinajstić information content (AvgIpc) is 3.02. The Hall–Kier alpha value is -4.72. The van der Waals surface area contributed by atoms with Crippen LogP contribution in [0.2, 0.25) is 0 Å². The van der Waals surface area contributed by atoms with E-state index in [1.807, 2.05) is 24.3 Å². The van der Waals surface area contributed by atoms with Gasteiger partial charge in [-0.25, -0.2) is 19.2 Å². The molecular weight excluding hydrogens is 560 g/mol. The van der Waals surface area contributed by atoms with Crippen molar-refractivity contribution in [2.24, 2.45) is 0 Å². The van der Waals surface area contributed by atoms with Crippen LogP contribution < -0.4 is 0 Å². The fraction of sp³-hybridized carbons (Fsp3) is 0.333. The molecule has 0 bridgehead atoms. The van der Waals surface area contributed by atoms with Gasteiger partial charge in [0.25, 0.3) is 0 Å². The SMILES string of the molecule is O=C(O)c1c(C(=O)O)c2c(C(=O)O)c(C3CCCCC3)c(C3CCCCC3)c3c4cccc5cccc(c(c1C(=O)O)c23)c54. The summed E-state index contributed by atoms with van der Waals surface area (Å²) < 4.78 is 0. The molecule has 2 saturated carbocycles. The Morgan fingerprint density at radius 2 is 0.909 bits per heavy atom. The molecule has 0 aliphatic heterocycles. The Morgan fingerprint density at radius 1 is 0.455 bits per heavy atom. The normalized spacial score (nSPS) is 16.7. The number of fused-ring (bicyclic) bond motifs is 2. The summed E-state index contributed by atoms with van der Waals surface area (Å²) in [6, 6.07) is 11.2. The van der Waals surface area contributed by atoms with Gasteiger partial charge in [-0.1, -0.05) is 74.9 Å². The van der Waals surface area contributed by atoms with Crippen LogP contribution in [-0.4, -0.2) is 44.3 Å². The number of benzene rings is 5. The highest BCUT2D eigenvalue weighted by Gasteiger charge is 2.39. The van der Waals surface area contributed by atoms with Crippen LogP contribution in [0.3, 0.4) is 0 Å². The van der Waals surface area contributed by atoms with Gasteiger partial charge in [-0.3, -0.25) is 0 Å². The fourth-order valence-electron chi connectivity index (χ4n) is 8.59. The molecule has 0 aromatic heterocycles. The first-order chi connectivity index (χ1) is 21.2. The van der Waals surface area contributed by atoms with Crippen molar-refractivity contribution in [3.8, 4) is 0 Å². The smallest absolute Gasteiger partial charge is 0.337 e. The van der Waals surface area contributed by atoms with Crippen LogP contribution in [0, 0.1) is 0 Å². The zero-order valence-corrected chi connectivity index (χ0v) is 24.1. The molecule has 224 valence electrons. The molecule has 0 atom stereocenters. The molecule has 0 amide bonds. The summed E-state index contributed by atoms with van der Waals surface area (Å²) in [7, 11) is 0. The molecule has 8 heteroatoms. The number of carboxylic acid groups (broad SMARTS) is 4. The van der Waals surface area contributed by atoms with Gasteiger partial charge in [-0.05, 0) is 75.6 Å². The Labute approximate surface area is 252 Å². The van der Waals surface area contributed by atoms with Crippen LogP contribution in [0.1, 0.15) is 129 Å².